The van der Waals surface area contributed by atoms with Gasteiger partial charge in [0, 0.05) is 17.7 Å². The molecule has 3 rings (SSSR count). The second-order valence-electron chi connectivity index (χ2n) is 5.00. The lowest BCUT2D eigenvalue weighted by Crippen LogP contribution is -2.15. The van der Waals surface area contributed by atoms with Gasteiger partial charge >= 0.3 is 0 Å². The van der Waals surface area contributed by atoms with E-state index in [1.54, 1.807) is 6.33 Å². The Balaban J connectivity index is 1.81. The highest BCUT2D eigenvalue weighted by Gasteiger charge is 2.22. The highest BCUT2D eigenvalue weighted by Crippen LogP contribution is 2.33. The lowest BCUT2D eigenvalue weighted by atomic mass is 10.0. The number of nitrogens with zero attached hydrogens (tertiary/aromatic N) is 2. The Kier molecular flexibility index (Phi) is 2.87. The zero-order valence-corrected chi connectivity index (χ0v) is 9.65. The lowest BCUT2D eigenvalue weighted by Gasteiger charge is -2.13. The van der Waals surface area contributed by atoms with Gasteiger partial charge in [-0.15, -0.1) is 0 Å². The van der Waals surface area contributed by atoms with Crippen molar-refractivity contribution in [3.8, 4) is 0 Å². The Bertz CT molecular complexity index is 321. The van der Waals surface area contributed by atoms with Gasteiger partial charge in [-0.2, -0.15) is 0 Å². The number of hydrogen-bond donors (Lipinski definition) is 1. The molecule has 1 aliphatic carbocycles. The summed E-state index contributed by atoms with van der Waals surface area (Å²) in [6.45, 7) is 1.13. The summed E-state index contributed by atoms with van der Waals surface area (Å²) in [6.07, 6.45) is 9.61. The number of rotatable bonds is 2. The van der Waals surface area contributed by atoms with Crippen LogP contribution in [0.3, 0.4) is 0 Å². The SMILES string of the molecule is c1nc(C2CCCC2)cc(C2CCCN2)n1. The van der Waals surface area contributed by atoms with Crippen LogP contribution in [0, 0.1) is 0 Å². The maximum Gasteiger partial charge on any atom is 0.116 e. The Morgan fingerprint density at radius 2 is 1.81 bits per heavy atom. The third kappa shape index (κ3) is 1.96. The summed E-state index contributed by atoms with van der Waals surface area (Å²) >= 11 is 0. The van der Waals surface area contributed by atoms with Crippen molar-refractivity contribution >= 4 is 0 Å². The van der Waals surface area contributed by atoms with Gasteiger partial charge in [-0.25, -0.2) is 9.97 Å². The molecule has 0 aromatic carbocycles. The molecule has 16 heavy (non-hydrogen) atoms. The van der Waals surface area contributed by atoms with Crippen molar-refractivity contribution in [3.05, 3.63) is 23.8 Å². The molecule has 1 aromatic heterocycles. The summed E-state index contributed by atoms with van der Waals surface area (Å²) in [5, 5.41) is 3.50. The Hall–Kier alpha value is -0.960. The van der Waals surface area contributed by atoms with Crippen molar-refractivity contribution in [1.29, 1.82) is 0 Å². The standard InChI is InChI=1S/C13H19N3/c1-2-5-10(4-1)12-8-13(16-9-15-12)11-6-3-7-14-11/h8-11,14H,1-7H2. The van der Waals surface area contributed by atoms with E-state index in [4.69, 9.17) is 0 Å². The molecule has 3 nitrogen and oxygen atoms in total. The number of hydrogen-bond acceptors (Lipinski definition) is 3. The van der Waals surface area contributed by atoms with Gasteiger partial charge in [0.05, 0.1) is 5.69 Å². The first-order valence-electron chi connectivity index (χ1n) is 6.49. The maximum atomic E-state index is 4.45. The minimum atomic E-state index is 0.475. The van der Waals surface area contributed by atoms with Gasteiger partial charge in [-0.05, 0) is 38.3 Å². The van der Waals surface area contributed by atoms with Crippen molar-refractivity contribution in [2.45, 2.75) is 50.5 Å². The van der Waals surface area contributed by atoms with E-state index in [0.717, 1.165) is 6.54 Å². The molecule has 1 saturated carbocycles. The second kappa shape index (κ2) is 4.50. The average Bonchev–Trinajstić information content (AvgIpc) is 3.03. The van der Waals surface area contributed by atoms with Crippen molar-refractivity contribution in [2.75, 3.05) is 6.54 Å². The molecule has 0 amide bonds. The van der Waals surface area contributed by atoms with Crippen LogP contribution >= 0.6 is 0 Å². The maximum absolute atomic E-state index is 4.45. The van der Waals surface area contributed by atoms with Crippen molar-refractivity contribution in [2.24, 2.45) is 0 Å². The molecule has 1 aromatic rings. The Morgan fingerprint density at radius 1 is 1.00 bits per heavy atom. The molecule has 3 heteroatoms. The monoisotopic (exact) mass is 217 g/mol. The molecule has 2 heterocycles. The molecular weight excluding hydrogens is 198 g/mol. The van der Waals surface area contributed by atoms with Gasteiger partial charge in [0.25, 0.3) is 0 Å². The molecule has 1 N–H and O–H groups in total. The molecule has 2 fully saturated rings. The Morgan fingerprint density at radius 3 is 2.56 bits per heavy atom. The Labute approximate surface area is 96.7 Å². The van der Waals surface area contributed by atoms with E-state index in [1.165, 1.54) is 49.9 Å². The van der Waals surface area contributed by atoms with Gasteiger partial charge in [-0.1, -0.05) is 12.8 Å². The summed E-state index contributed by atoms with van der Waals surface area (Å²) in [4.78, 5) is 8.87. The van der Waals surface area contributed by atoms with Gasteiger partial charge in [0.15, 0.2) is 0 Å². The van der Waals surface area contributed by atoms with Crippen LogP contribution < -0.4 is 5.32 Å². The largest absolute Gasteiger partial charge is 0.309 e. The summed E-state index contributed by atoms with van der Waals surface area (Å²) in [5.41, 5.74) is 2.48. The van der Waals surface area contributed by atoms with Gasteiger partial charge < -0.3 is 5.32 Å². The summed E-state index contributed by atoms with van der Waals surface area (Å²) in [6, 6.07) is 2.71. The van der Waals surface area contributed by atoms with Crippen molar-refractivity contribution in [3.63, 3.8) is 0 Å². The molecule has 2 aliphatic rings. The van der Waals surface area contributed by atoms with Crippen LogP contribution in [0.25, 0.3) is 0 Å². The molecule has 0 bridgehead atoms. The first kappa shape index (κ1) is 10.2. The third-order valence-corrected chi connectivity index (χ3v) is 3.90. The molecule has 1 unspecified atom stereocenters. The van der Waals surface area contributed by atoms with E-state index >= 15 is 0 Å². The topological polar surface area (TPSA) is 37.8 Å². The first-order chi connectivity index (χ1) is 7.93. The quantitative estimate of drug-likeness (QED) is 0.827. The van der Waals surface area contributed by atoms with Crippen LogP contribution in [0.2, 0.25) is 0 Å². The normalized spacial score (nSPS) is 26.4. The highest BCUT2D eigenvalue weighted by molar-refractivity contribution is 5.17. The predicted molar refractivity (Wildman–Crippen MR) is 63.2 cm³/mol. The fraction of sp³-hybridized carbons (Fsp3) is 0.692. The van der Waals surface area contributed by atoms with E-state index < -0.39 is 0 Å². The lowest BCUT2D eigenvalue weighted by molar-refractivity contribution is 0.615. The second-order valence-corrected chi connectivity index (χ2v) is 5.00. The molecular formula is C13H19N3. The number of aromatic nitrogens is 2. The van der Waals surface area contributed by atoms with Crippen molar-refractivity contribution < 1.29 is 0 Å². The minimum Gasteiger partial charge on any atom is -0.309 e. The minimum absolute atomic E-state index is 0.475. The van der Waals surface area contributed by atoms with E-state index in [0.29, 0.717) is 12.0 Å². The van der Waals surface area contributed by atoms with Gasteiger partial charge in [-0.3, -0.25) is 0 Å². The third-order valence-electron chi connectivity index (χ3n) is 3.90. The van der Waals surface area contributed by atoms with Crippen LogP contribution in [-0.4, -0.2) is 16.5 Å². The van der Waals surface area contributed by atoms with Crippen LogP contribution in [-0.2, 0) is 0 Å². The highest BCUT2D eigenvalue weighted by atomic mass is 15.0. The average molecular weight is 217 g/mol. The van der Waals surface area contributed by atoms with Crippen molar-refractivity contribution in [1.82, 2.24) is 15.3 Å². The van der Waals surface area contributed by atoms with E-state index in [-0.39, 0.29) is 0 Å². The smallest absolute Gasteiger partial charge is 0.116 e. The predicted octanol–water partition coefficient (Wildman–Crippen LogP) is 2.56. The fourth-order valence-corrected chi connectivity index (χ4v) is 2.96. The number of nitrogens with one attached hydrogen (secondary N) is 1. The van der Waals surface area contributed by atoms with E-state index in [2.05, 4.69) is 21.4 Å². The van der Waals surface area contributed by atoms with E-state index in [9.17, 15) is 0 Å². The summed E-state index contributed by atoms with van der Waals surface area (Å²) in [7, 11) is 0. The molecule has 0 spiro atoms. The summed E-state index contributed by atoms with van der Waals surface area (Å²) in [5.74, 6) is 0.697. The van der Waals surface area contributed by atoms with Crippen LogP contribution in [0.15, 0.2) is 12.4 Å². The fourth-order valence-electron chi connectivity index (χ4n) is 2.96. The van der Waals surface area contributed by atoms with Crippen LogP contribution in [0.1, 0.15) is 61.9 Å². The zero-order valence-electron chi connectivity index (χ0n) is 9.65. The van der Waals surface area contributed by atoms with Gasteiger partial charge in [0.2, 0.25) is 0 Å². The summed E-state index contributed by atoms with van der Waals surface area (Å²) < 4.78 is 0. The molecule has 1 saturated heterocycles. The van der Waals surface area contributed by atoms with Gasteiger partial charge in [0.1, 0.15) is 6.33 Å². The van der Waals surface area contributed by atoms with E-state index in [1.807, 2.05) is 0 Å². The van der Waals surface area contributed by atoms with Crippen LogP contribution in [0.4, 0.5) is 0 Å². The molecule has 0 radical (unpaired) electrons. The molecule has 1 atom stereocenters. The van der Waals surface area contributed by atoms with Crippen LogP contribution in [0.5, 0.6) is 0 Å². The first-order valence-corrected chi connectivity index (χ1v) is 6.49. The zero-order chi connectivity index (χ0) is 10.8. The molecule has 1 aliphatic heterocycles. The molecule has 86 valence electrons.